The molecule has 0 aliphatic rings. The maximum absolute atomic E-state index is 13.7. The fourth-order valence-electron chi connectivity index (χ4n) is 2.16. The van der Waals surface area contributed by atoms with E-state index in [1.165, 1.54) is 12.1 Å². The summed E-state index contributed by atoms with van der Waals surface area (Å²) < 4.78 is 24.4. The van der Waals surface area contributed by atoms with Crippen molar-refractivity contribution in [3.05, 3.63) is 64.8 Å². The molecule has 0 saturated carbocycles. The molecule has 1 aromatic heterocycles. The average Bonchev–Trinajstić information content (AvgIpc) is 3.09. The molecule has 0 bridgehead atoms. The molecule has 3 aromatic rings. The van der Waals surface area contributed by atoms with Gasteiger partial charge in [0.1, 0.15) is 11.6 Å². The van der Waals surface area contributed by atoms with Crippen molar-refractivity contribution < 1.29 is 18.3 Å². The molecule has 1 heterocycles. The molecule has 1 amide bonds. The van der Waals surface area contributed by atoms with Gasteiger partial charge in [-0.15, -0.1) is 10.2 Å². The minimum atomic E-state index is -0.701. The van der Waals surface area contributed by atoms with E-state index in [4.69, 9.17) is 20.8 Å². The molecule has 1 N–H and O–H groups in total. The predicted molar refractivity (Wildman–Crippen MR) is 88.9 cm³/mol. The Labute approximate surface area is 147 Å². The summed E-state index contributed by atoms with van der Waals surface area (Å²) in [6.07, 6.45) is 0. The Kier molecular flexibility index (Phi) is 4.95. The highest BCUT2D eigenvalue weighted by atomic mass is 35.5. The predicted octanol–water partition coefficient (Wildman–Crippen LogP) is 3.47. The zero-order chi connectivity index (χ0) is 17.8. The van der Waals surface area contributed by atoms with E-state index in [9.17, 15) is 9.18 Å². The van der Waals surface area contributed by atoms with E-state index in [1.807, 2.05) is 0 Å². The lowest BCUT2D eigenvalue weighted by atomic mass is 10.2. The van der Waals surface area contributed by atoms with Crippen molar-refractivity contribution in [3.63, 3.8) is 0 Å². The summed E-state index contributed by atoms with van der Waals surface area (Å²) in [5, 5.41) is 10.3. The van der Waals surface area contributed by atoms with E-state index in [0.29, 0.717) is 11.3 Å². The van der Waals surface area contributed by atoms with Crippen LogP contribution in [0.2, 0.25) is 5.02 Å². The first-order valence-electron chi connectivity index (χ1n) is 7.27. The van der Waals surface area contributed by atoms with Crippen LogP contribution in [0.15, 0.2) is 46.9 Å². The van der Waals surface area contributed by atoms with Crippen LogP contribution in [-0.2, 0) is 6.54 Å². The number of benzene rings is 2. The molecule has 0 radical (unpaired) electrons. The summed E-state index contributed by atoms with van der Waals surface area (Å²) in [6, 6.07) is 11.1. The summed E-state index contributed by atoms with van der Waals surface area (Å²) in [4.78, 5) is 12.1. The van der Waals surface area contributed by atoms with Crippen molar-refractivity contribution in [2.24, 2.45) is 0 Å². The Balaban J connectivity index is 1.70. The monoisotopic (exact) mass is 361 g/mol. The Bertz CT molecular complexity index is 893. The molecule has 0 aliphatic heterocycles. The molecule has 25 heavy (non-hydrogen) atoms. The van der Waals surface area contributed by atoms with Crippen LogP contribution < -0.4 is 10.1 Å². The highest BCUT2D eigenvalue weighted by Gasteiger charge is 2.17. The van der Waals surface area contributed by atoms with Crippen LogP contribution in [0.3, 0.4) is 0 Å². The van der Waals surface area contributed by atoms with Crippen LogP contribution in [0.1, 0.15) is 16.2 Å². The van der Waals surface area contributed by atoms with Gasteiger partial charge in [0.15, 0.2) is 0 Å². The minimum Gasteiger partial charge on any atom is -0.497 e. The second-order valence-electron chi connectivity index (χ2n) is 5.01. The van der Waals surface area contributed by atoms with Crippen LogP contribution in [0.4, 0.5) is 4.39 Å². The van der Waals surface area contributed by atoms with E-state index in [1.54, 1.807) is 31.4 Å². The average molecular weight is 362 g/mol. The SMILES string of the molecule is COc1cccc(-c2nnc(CNC(=O)c3c(F)cccc3Cl)o2)c1. The first-order chi connectivity index (χ1) is 12.1. The molecular weight excluding hydrogens is 349 g/mol. The van der Waals surface area contributed by atoms with Crippen LogP contribution in [0, 0.1) is 5.82 Å². The summed E-state index contributed by atoms with van der Waals surface area (Å²) >= 11 is 5.85. The summed E-state index contributed by atoms with van der Waals surface area (Å²) in [7, 11) is 1.56. The molecular formula is C17H13ClFN3O3. The van der Waals surface area contributed by atoms with Gasteiger partial charge in [-0.1, -0.05) is 23.7 Å². The second-order valence-corrected chi connectivity index (χ2v) is 5.42. The van der Waals surface area contributed by atoms with Crippen molar-refractivity contribution in [1.29, 1.82) is 0 Å². The van der Waals surface area contributed by atoms with E-state index < -0.39 is 11.7 Å². The third-order valence-electron chi connectivity index (χ3n) is 3.37. The molecule has 6 nitrogen and oxygen atoms in total. The van der Waals surface area contributed by atoms with E-state index in [2.05, 4.69) is 15.5 Å². The third-order valence-corrected chi connectivity index (χ3v) is 3.69. The summed E-state index contributed by atoms with van der Waals surface area (Å²) in [5.74, 6) is -0.248. The maximum Gasteiger partial charge on any atom is 0.256 e. The number of methoxy groups -OCH3 is 1. The Hall–Kier alpha value is -2.93. The van der Waals surface area contributed by atoms with Crippen molar-refractivity contribution in [2.45, 2.75) is 6.54 Å². The number of hydrogen-bond acceptors (Lipinski definition) is 5. The normalized spacial score (nSPS) is 10.5. The quantitative estimate of drug-likeness (QED) is 0.753. The highest BCUT2D eigenvalue weighted by molar-refractivity contribution is 6.33. The number of halogens is 2. The number of carbonyl (C=O) groups excluding carboxylic acids is 1. The molecule has 3 rings (SSSR count). The lowest BCUT2D eigenvalue weighted by Gasteiger charge is -2.05. The molecule has 0 aliphatic carbocycles. The maximum atomic E-state index is 13.7. The fraction of sp³-hybridized carbons (Fsp3) is 0.118. The molecule has 0 unspecified atom stereocenters. The lowest BCUT2D eigenvalue weighted by Crippen LogP contribution is -2.24. The molecule has 128 valence electrons. The Morgan fingerprint density at radius 3 is 2.84 bits per heavy atom. The molecule has 2 aromatic carbocycles. The molecule has 8 heteroatoms. The number of amides is 1. The van der Waals surface area contributed by atoms with Gasteiger partial charge in [-0.05, 0) is 30.3 Å². The van der Waals surface area contributed by atoms with Gasteiger partial charge in [0.05, 0.1) is 24.2 Å². The number of hydrogen-bond donors (Lipinski definition) is 1. The van der Waals surface area contributed by atoms with E-state index in [0.717, 1.165) is 6.07 Å². The number of nitrogens with one attached hydrogen (secondary N) is 1. The molecule has 0 spiro atoms. The minimum absolute atomic E-state index is 0.0279. The molecule has 0 saturated heterocycles. The van der Waals surface area contributed by atoms with E-state index in [-0.39, 0.29) is 28.9 Å². The van der Waals surface area contributed by atoms with Gasteiger partial charge in [0.25, 0.3) is 5.91 Å². The van der Waals surface area contributed by atoms with Crippen molar-refractivity contribution >= 4 is 17.5 Å². The zero-order valence-corrected chi connectivity index (χ0v) is 13.9. The van der Waals surface area contributed by atoms with Gasteiger partial charge in [0.2, 0.25) is 11.8 Å². The third kappa shape index (κ3) is 3.77. The Morgan fingerprint density at radius 2 is 2.08 bits per heavy atom. The highest BCUT2D eigenvalue weighted by Crippen LogP contribution is 2.23. The van der Waals surface area contributed by atoms with Crippen LogP contribution in [0.5, 0.6) is 5.75 Å². The molecule has 0 atom stereocenters. The van der Waals surface area contributed by atoms with E-state index >= 15 is 0 Å². The van der Waals surface area contributed by atoms with Gasteiger partial charge < -0.3 is 14.5 Å². The first-order valence-corrected chi connectivity index (χ1v) is 7.65. The van der Waals surface area contributed by atoms with Gasteiger partial charge in [-0.2, -0.15) is 0 Å². The van der Waals surface area contributed by atoms with Gasteiger partial charge in [-0.25, -0.2) is 4.39 Å². The number of carbonyl (C=O) groups is 1. The molecule has 0 fully saturated rings. The van der Waals surface area contributed by atoms with Crippen molar-refractivity contribution in [3.8, 4) is 17.2 Å². The fourth-order valence-corrected chi connectivity index (χ4v) is 2.41. The number of aromatic nitrogens is 2. The van der Waals surface area contributed by atoms with Crippen LogP contribution in [-0.4, -0.2) is 23.2 Å². The van der Waals surface area contributed by atoms with Crippen LogP contribution in [0.25, 0.3) is 11.5 Å². The first kappa shape index (κ1) is 16.9. The standard InChI is InChI=1S/C17H13ClFN3O3/c1-24-11-5-2-4-10(8-11)17-22-21-14(25-17)9-20-16(23)15-12(18)6-3-7-13(15)19/h2-8H,9H2,1H3,(H,20,23). The number of rotatable bonds is 5. The van der Waals surface area contributed by atoms with Gasteiger partial charge in [0, 0.05) is 5.56 Å². The van der Waals surface area contributed by atoms with Crippen LogP contribution >= 0.6 is 11.6 Å². The van der Waals surface area contributed by atoms with Gasteiger partial charge >= 0.3 is 0 Å². The summed E-state index contributed by atoms with van der Waals surface area (Å²) in [5.41, 5.74) is 0.457. The zero-order valence-electron chi connectivity index (χ0n) is 13.1. The largest absolute Gasteiger partial charge is 0.497 e. The topological polar surface area (TPSA) is 77.3 Å². The van der Waals surface area contributed by atoms with Gasteiger partial charge in [-0.3, -0.25) is 4.79 Å². The summed E-state index contributed by atoms with van der Waals surface area (Å²) in [6.45, 7) is -0.0551. The number of nitrogens with zero attached hydrogens (tertiary/aromatic N) is 2. The number of ether oxygens (including phenoxy) is 1. The lowest BCUT2D eigenvalue weighted by molar-refractivity contribution is 0.0943. The smallest absolute Gasteiger partial charge is 0.256 e. The Morgan fingerprint density at radius 1 is 1.28 bits per heavy atom. The van der Waals surface area contributed by atoms with Crippen molar-refractivity contribution in [1.82, 2.24) is 15.5 Å². The second kappa shape index (κ2) is 7.31. The van der Waals surface area contributed by atoms with Crippen molar-refractivity contribution in [2.75, 3.05) is 7.11 Å².